The second-order valence-corrected chi connectivity index (χ2v) is 10.1. The predicted octanol–water partition coefficient (Wildman–Crippen LogP) is 4.90. The van der Waals surface area contributed by atoms with Crippen molar-refractivity contribution in [3.8, 4) is 11.5 Å². The molecule has 1 amide bonds. The minimum atomic E-state index is -1.03. The third-order valence-corrected chi connectivity index (χ3v) is 7.65. The number of aliphatic hydroxyl groups excluding tert-OH is 1. The molecule has 0 saturated carbocycles. The van der Waals surface area contributed by atoms with Gasteiger partial charge in [-0.05, 0) is 61.4 Å². The summed E-state index contributed by atoms with van der Waals surface area (Å²) in [6.07, 6.45) is 1.73. The van der Waals surface area contributed by atoms with Gasteiger partial charge in [0.25, 0.3) is 5.78 Å². The number of benzene rings is 2. The van der Waals surface area contributed by atoms with Gasteiger partial charge in [-0.1, -0.05) is 29.5 Å². The molecule has 0 spiro atoms. The molecule has 0 radical (unpaired) electrons. The first-order valence-corrected chi connectivity index (χ1v) is 12.6. The van der Waals surface area contributed by atoms with Crippen molar-refractivity contribution in [2.45, 2.75) is 19.9 Å². The van der Waals surface area contributed by atoms with Crippen molar-refractivity contribution in [3.05, 3.63) is 88.9 Å². The summed E-state index contributed by atoms with van der Waals surface area (Å²) in [5.41, 5.74) is 3.49. The molecule has 2 N–H and O–H groups in total. The normalized spacial score (nSPS) is 17.1. The van der Waals surface area contributed by atoms with Gasteiger partial charge in [-0.2, -0.15) is 0 Å². The van der Waals surface area contributed by atoms with Crippen LogP contribution in [0.15, 0.2) is 66.4 Å². The van der Waals surface area contributed by atoms with Crippen LogP contribution in [0.4, 0.5) is 5.13 Å². The van der Waals surface area contributed by atoms with Gasteiger partial charge >= 0.3 is 5.91 Å². The van der Waals surface area contributed by atoms with Gasteiger partial charge in [0.15, 0.2) is 22.4 Å². The van der Waals surface area contributed by atoms with Crippen molar-refractivity contribution in [2.24, 2.45) is 0 Å². The fourth-order valence-corrected chi connectivity index (χ4v) is 5.95. The van der Waals surface area contributed by atoms with Crippen LogP contribution in [0, 0.1) is 13.8 Å². The average Bonchev–Trinajstić information content (AvgIpc) is 3.54. The Labute approximate surface area is 220 Å². The number of hydrogen-bond donors (Lipinski definition) is 2. The minimum Gasteiger partial charge on any atom is -0.505 e. The van der Waals surface area contributed by atoms with Gasteiger partial charge in [-0.15, -0.1) is 0 Å². The summed E-state index contributed by atoms with van der Waals surface area (Å²) in [6, 6.07) is 14.7. The SMILES string of the molecule is COc1cc(C2/C(=C(\O)c3c(C)nc4ccccn34)C(=O)C(=O)N2c2nc3ccc(C)cc3s2)ccc1O. The Morgan fingerprint density at radius 1 is 1.05 bits per heavy atom. The number of anilines is 1. The highest BCUT2D eigenvalue weighted by Crippen LogP contribution is 2.46. The van der Waals surface area contributed by atoms with Gasteiger partial charge in [0.2, 0.25) is 0 Å². The van der Waals surface area contributed by atoms with Crippen molar-refractivity contribution in [1.82, 2.24) is 14.4 Å². The molecule has 6 rings (SSSR count). The van der Waals surface area contributed by atoms with Crippen LogP contribution in [0.3, 0.4) is 0 Å². The van der Waals surface area contributed by atoms with Crippen molar-refractivity contribution < 1.29 is 24.5 Å². The van der Waals surface area contributed by atoms with E-state index in [0.29, 0.717) is 33.2 Å². The topological polar surface area (TPSA) is 117 Å². The Kier molecular flexibility index (Phi) is 5.42. The molecule has 190 valence electrons. The zero-order valence-electron chi connectivity index (χ0n) is 20.7. The van der Waals surface area contributed by atoms with Crippen LogP contribution in [-0.2, 0) is 9.59 Å². The van der Waals surface area contributed by atoms with E-state index >= 15 is 0 Å². The average molecular weight is 527 g/mol. The van der Waals surface area contributed by atoms with E-state index < -0.39 is 17.7 Å². The van der Waals surface area contributed by atoms with Crippen LogP contribution in [0.5, 0.6) is 11.5 Å². The molecule has 1 saturated heterocycles. The molecular formula is C28H22N4O5S. The van der Waals surface area contributed by atoms with E-state index in [2.05, 4.69) is 9.97 Å². The van der Waals surface area contributed by atoms with Crippen molar-refractivity contribution >= 4 is 49.8 Å². The molecule has 1 fully saturated rings. The number of Topliss-reactive ketones (excluding diaryl/α,β-unsaturated/α-hetero) is 1. The molecule has 1 atom stereocenters. The van der Waals surface area contributed by atoms with E-state index in [9.17, 15) is 19.8 Å². The zero-order valence-corrected chi connectivity index (χ0v) is 21.5. The fraction of sp³-hybridized carbons (Fsp3) is 0.143. The van der Waals surface area contributed by atoms with Gasteiger partial charge < -0.3 is 14.9 Å². The van der Waals surface area contributed by atoms with Gasteiger partial charge in [0, 0.05) is 6.20 Å². The second kappa shape index (κ2) is 8.70. The molecule has 0 aliphatic carbocycles. The number of carbonyl (C=O) groups is 2. The summed E-state index contributed by atoms with van der Waals surface area (Å²) in [4.78, 5) is 37.6. The van der Waals surface area contributed by atoms with E-state index in [0.717, 1.165) is 10.3 Å². The zero-order chi connectivity index (χ0) is 26.7. The van der Waals surface area contributed by atoms with Crippen LogP contribution < -0.4 is 9.64 Å². The second-order valence-electron chi connectivity index (χ2n) is 9.04. The number of phenols is 1. The number of pyridine rings is 1. The highest BCUT2D eigenvalue weighted by Gasteiger charge is 2.49. The van der Waals surface area contributed by atoms with Crippen LogP contribution in [0.25, 0.3) is 21.6 Å². The Hall–Kier alpha value is -4.70. The Balaban J connectivity index is 1.63. The first-order chi connectivity index (χ1) is 18.3. The smallest absolute Gasteiger partial charge is 0.301 e. The Morgan fingerprint density at radius 3 is 2.66 bits per heavy atom. The predicted molar refractivity (Wildman–Crippen MR) is 144 cm³/mol. The summed E-state index contributed by atoms with van der Waals surface area (Å²) < 4.78 is 7.84. The number of amides is 1. The third kappa shape index (κ3) is 3.52. The third-order valence-electron chi connectivity index (χ3n) is 6.63. The van der Waals surface area contributed by atoms with Crippen LogP contribution in [-0.4, -0.2) is 43.4 Å². The largest absolute Gasteiger partial charge is 0.505 e. The lowest BCUT2D eigenvalue weighted by atomic mass is 9.96. The van der Waals surface area contributed by atoms with Crippen molar-refractivity contribution in [1.29, 1.82) is 0 Å². The number of carbonyl (C=O) groups excluding carboxylic acids is 2. The number of methoxy groups -OCH3 is 1. The van der Waals surface area contributed by atoms with Gasteiger partial charge in [0.1, 0.15) is 11.3 Å². The molecule has 0 bridgehead atoms. The first kappa shape index (κ1) is 23.7. The number of phenolic OH excluding ortho intramolecular Hbond substituents is 1. The van der Waals surface area contributed by atoms with Crippen molar-refractivity contribution in [2.75, 3.05) is 12.0 Å². The van der Waals surface area contributed by atoms with Crippen LogP contribution in [0.1, 0.15) is 28.6 Å². The lowest BCUT2D eigenvalue weighted by Crippen LogP contribution is -2.29. The molecule has 10 heteroatoms. The number of aliphatic hydroxyl groups is 1. The fourth-order valence-electron chi connectivity index (χ4n) is 4.86. The number of hydrogen-bond acceptors (Lipinski definition) is 8. The standard InChI is InChI=1S/C28H22N4O5S/c1-14-7-9-17-20(12-14)38-28(30-17)32-24(16-8-10-18(33)19(13-16)37-3)22(26(35)27(32)36)25(34)23-15(2)29-21-6-4-5-11-31(21)23/h4-13,24,33-34H,1-3H3/b25-22+. The molecule has 2 aromatic carbocycles. The summed E-state index contributed by atoms with van der Waals surface area (Å²) in [6.45, 7) is 3.69. The maximum Gasteiger partial charge on any atom is 0.301 e. The first-order valence-electron chi connectivity index (χ1n) is 11.8. The van der Waals surface area contributed by atoms with E-state index in [1.54, 1.807) is 41.8 Å². The quantitative estimate of drug-likeness (QED) is 0.194. The molecule has 1 aliphatic heterocycles. The highest BCUT2D eigenvalue weighted by molar-refractivity contribution is 7.22. The number of imidazole rings is 1. The number of nitrogens with zero attached hydrogens (tertiary/aromatic N) is 4. The van der Waals surface area contributed by atoms with Gasteiger partial charge in [-0.3, -0.25) is 18.9 Å². The number of ketones is 1. The molecule has 5 aromatic rings. The van der Waals surface area contributed by atoms with E-state index in [-0.39, 0.29) is 22.8 Å². The van der Waals surface area contributed by atoms with E-state index in [4.69, 9.17) is 4.74 Å². The number of aromatic nitrogens is 3. The van der Waals surface area contributed by atoms with Crippen LogP contribution in [0.2, 0.25) is 0 Å². The Morgan fingerprint density at radius 2 is 1.87 bits per heavy atom. The summed E-state index contributed by atoms with van der Waals surface area (Å²) in [5, 5.41) is 22.2. The number of thiazole rings is 1. The van der Waals surface area contributed by atoms with Gasteiger partial charge in [-0.25, -0.2) is 9.97 Å². The van der Waals surface area contributed by atoms with Gasteiger partial charge in [0.05, 0.1) is 34.6 Å². The summed E-state index contributed by atoms with van der Waals surface area (Å²) in [7, 11) is 1.41. The number of aryl methyl sites for hydroxylation is 2. The number of fused-ring (bicyclic) bond motifs is 2. The molecule has 38 heavy (non-hydrogen) atoms. The molecule has 4 heterocycles. The van der Waals surface area contributed by atoms with Crippen molar-refractivity contribution in [3.63, 3.8) is 0 Å². The van der Waals surface area contributed by atoms with E-state index in [1.165, 1.54) is 29.4 Å². The molecule has 3 aromatic heterocycles. The molecule has 9 nitrogen and oxygen atoms in total. The van der Waals surface area contributed by atoms with Crippen LogP contribution >= 0.6 is 11.3 Å². The highest BCUT2D eigenvalue weighted by atomic mass is 32.1. The molecule has 1 unspecified atom stereocenters. The summed E-state index contributed by atoms with van der Waals surface area (Å²) >= 11 is 1.28. The number of rotatable bonds is 4. The maximum atomic E-state index is 13.6. The molecular weight excluding hydrogens is 504 g/mol. The van der Waals surface area contributed by atoms with E-state index in [1.807, 2.05) is 31.2 Å². The lowest BCUT2D eigenvalue weighted by molar-refractivity contribution is -0.132. The minimum absolute atomic E-state index is 0.0960. The Bertz CT molecular complexity index is 1820. The number of aromatic hydroxyl groups is 1. The maximum absolute atomic E-state index is 13.6. The molecule has 1 aliphatic rings. The number of ether oxygens (including phenoxy) is 1. The lowest BCUT2D eigenvalue weighted by Gasteiger charge is -2.23. The monoisotopic (exact) mass is 526 g/mol. The summed E-state index contributed by atoms with van der Waals surface area (Å²) in [5.74, 6) is -1.94.